The zero-order valence-electron chi connectivity index (χ0n) is 12.7. The molecule has 0 atom stereocenters. The lowest BCUT2D eigenvalue weighted by Gasteiger charge is -2.30. The number of carbonyl (C=O) groups is 2. The molecule has 3 rings (SSSR count). The van der Waals surface area contributed by atoms with Crippen LogP contribution in [0.15, 0.2) is 23.2 Å². The van der Waals surface area contributed by atoms with E-state index < -0.39 is 5.92 Å². The number of fused-ring (bicyclic) bond motifs is 1. The molecule has 0 bridgehead atoms. The number of Topliss-reactive ketones (excluding diaryl/α,β-unsaturated/α-hetero) is 2. The van der Waals surface area contributed by atoms with Gasteiger partial charge in [-0.3, -0.25) is 14.6 Å². The third-order valence-corrected chi connectivity index (χ3v) is 4.45. The van der Waals surface area contributed by atoms with Gasteiger partial charge in [0, 0.05) is 19.1 Å². The molecule has 0 heterocycles. The molecule has 0 N–H and O–H groups in total. The maximum atomic E-state index is 12.1. The fraction of sp³-hybridized carbons (Fsp3) is 0.500. The minimum Gasteiger partial charge on any atom is -0.298 e. The van der Waals surface area contributed by atoms with Crippen molar-refractivity contribution in [1.29, 1.82) is 0 Å². The van der Waals surface area contributed by atoms with Gasteiger partial charge in [-0.25, -0.2) is 0 Å². The van der Waals surface area contributed by atoms with Crippen LogP contribution in [0.5, 0.6) is 0 Å². The minimum absolute atomic E-state index is 0.00107. The molecule has 0 unspecified atom stereocenters. The monoisotopic (exact) mass is 283 g/mol. The van der Waals surface area contributed by atoms with Crippen LogP contribution < -0.4 is 0 Å². The Kier molecular flexibility index (Phi) is 3.52. The summed E-state index contributed by atoms with van der Waals surface area (Å²) in [6.45, 7) is 3.94. The zero-order valence-corrected chi connectivity index (χ0v) is 12.7. The number of ketones is 2. The molecule has 0 radical (unpaired) electrons. The number of rotatable bonds is 2. The number of nitrogens with zero attached hydrogens (tertiary/aromatic N) is 1. The molecular weight excluding hydrogens is 262 g/mol. The van der Waals surface area contributed by atoms with Gasteiger partial charge >= 0.3 is 0 Å². The smallest absolute Gasteiger partial charge is 0.149 e. The standard InChI is InChI=1S/C18H21NO2/c1-18(2)9-16(20)15(17(21)10-18)11-19-14-7-6-12-4-3-5-13(12)8-14/h6-8,11,15H,3-5,9-10H2,1-2H3. The fourth-order valence-corrected chi connectivity index (χ4v) is 3.37. The molecule has 1 aromatic carbocycles. The number of benzene rings is 1. The van der Waals surface area contributed by atoms with Gasteiger partial charge < -0.3 is 0 Å². The number of aryl methyl sites for hydroxylation is 2. The average molecular weight is 283 g/mol. The normalized spacial score (nSPS) is 22.0. The lowest BCUT2D eigenvalue weighted by Crippen LogP contribution is -2.38. The first-order valence-corrected chi connectivity index (χ1v) is 7.66. The van der Waals surface area contributed by atoms with E-state index in [2.05, 4.69) is 17.1 Å². The van der Waals surface area contributed by atoms with Crippen molar-refractivity contribution in [3.05, 3.63) is 29.3 Å². The second kappa shape index (κ2) is 5.21. The van der Waals surface area contributed by atoms with Crippen molar-refractivity contribution in [2.45, 2.75) is 46.0 Å². The molecule has 3 nitrogen and oxygen atoms in total. The van der Waals surface area contributed by atoms with Crippen LogP contribution in [0.25, 0.3) is 0 Å². The van der Waals surface area contributed by atoms with E-state index in [4.69, 9.17) is 0 Å². The first-order valence-electron chi connectivity index (χ1n) is 7.66. The van der Waals surface area contributed by atoms with Crippen molar-refractivity contribution in [2.75, 3.05) is 0 Å². The first kappa shape index (κ1) is 14.2. The zero-order chi connectivity index (χ0) is 15.0. The summed E-state index contributed by atoms with van der Waals surface area (Å²) >= 11 is 0. The Hall–Kier alpha value is -1.77. The second-order valence-corrected chi connectivity index (χ2v) is 7.01. The van der Waals surface area contributed by atoms with Crippen LogP contribution >= 0.6 is 0 Å². The average Bonchev–Trinajstić information content (AvgIpc) is 2.83. The van der Waals surface area contributed by atoms with Crippen molar-refractivity contribution in [3.63, 3.8) is 0 Å². The Morgan fingerprint density at radius 1 is 1.10 bits per heavy atom. The molecule has 0 amide bonds. The van der Waals surface area contributed by atoms with Crippen LogP contribution in [-0.4, -0.2) is 17.8 Å². The molecule has 0 aromatic heterocycles. The molecule has 1 saturated carbocycles. The van der Waals surface area contributed by atoms with Crippen molar-refractivity contribution >= 4 is 23.5 Å². The molecule has 0 aliphatic heterocycles. The molecule has 1 fully saturated rings. The second-order valence-electron chi connectivity index (χ2n) is 7.01. The van der Waals surface area contributed by atoms with E-state index in [1.165, 1.54) is 17.5 Å². The van der Waals surface area contributed by atoms with Gasteiger partial charge in [-0.1, -0.05) is 19.9 Å². The summed E-state index contributed by atoms with van der Waals surface area (Å²) < 4.78 is 0. The van der Waals surface area contributed by atoms with E-state index in [-0.39, 0.29) is 17.0 Å². The van der Waals surface area contributed by atoms with E-state index in [9.17, 15) is 9.59 Å². The highest BCUT2D eigenvalue weighted by Crippen LogP contribution is 2.33. The van der Waals surface area contributed by atoms with E-state index in [1.807, 2.05) is 19.9 Å². The topological polar surface area (TPSA) is 46.5 Å². The number of aliphatic imine (C=N–C) groups is 1. The van der Waals surface area contributed by atoms with E-state index in [0.29, 0.717) is 12.8 Å². The van der Waals surface area contributed by atoms with Gasteiger partial charge in [0.15, 0.2) is 0 Å². The summed E-state index contributed by atoms with van der Waals surface area (Å²) in [6.07, 6.45) is 5.93. The molecule has 2 aliphatic carbocycles. The third-order valence-electron chi connectivity index (χ3n) is 4.45. The summed E-state index contributed by atoms with van der Waals surface area (Å²) in [5.74, 6) is -0.645. The van der Waals surface area contributed by atoms with Gasteiger partial charge in [0.25, 0.3) is 0 Å². The molecule has 2 aliphatic rings. The van der Waals surface area contributed by atoms with Gasteiger partial charge in [0.05, 0.1) is 5.69 Å². The summed E-state index contributed by atoms with van der Waals surface area (Å²) in [7, 11) is 0. The maximum Gasteiger partial charge on any atom is 0.149 e. The van der Waals surface area contributed by atoms with Crippen LogP contribution in [0.4, 0.5) is 5.69 Å². The predicted molar refractivity (Wildman–Crippen MR) is 83.1 cm³/mol. The molecule has 0 saturated heterocycles. The van der Waals surface area contributed by atoms with Gasteiger partial charge in [-0.2, -0.15) is 0 Å². The molecule has 21 heavy (non-hydrogen) atoms. The van der Waals surface area contributed by atoms with Crippen LogP contribution in [0.2, 0.25) is 0 Å². The van der Waals surface area contributed by atoms with Crippen LogP contribution in [0.3, 0.4) is 0 Å². The number of hydrogen-bond donors (Lipinski definition) is 0. The Morgan fingerprint density at radius 3 is 2.48 bits per heavy atom. The lowest BCUT2D eigenvalue weighted by atomic mass is 9.72. The predicted octanol–water partition coefficient (Wildman–Crippen LogP) is 3.45. The van der Waals surface area contributed by atoms with E-state index in [0.717, 1.165) is 18.5 Å². The van der Waals surface area contributed by atoms with Gasteiger partial charge in [-0.15, -0.1) is 0 Å². The van der Waals surface area contributed by atoms with Crippen molar-refractivity contribution in [3.8, 4) is 0 Å². The summed E-state index contributed by atoms with van der Waals surface area (Å²) in [4.78, 5) is 28.6. The van der Waals surface area contributed by atoms with Crippen LogP contribution in [0.1, 0.15) is 44.2 Å². The summed E-state index contributed by atoms with van der Waals surface area (Å²) in [5.41, 5.74) is 3.40. The van der Waals surface area contributed by atoms with E-state index in [1.54, 1.807) is 6.21 Å². The maximum absolute atomic E-state index is 12.1. The minimum atomic E-state index is -0.647. The Balaban J connectivity index is 1.77. The van der Waals surface area contributed by atoms with Crippen molar-refractivity contribution in [1.82, 2.24) is 0 Å². The Morgan fingerprint density at radius 2 is 1.76 bits per heavy atom. The summed E-state index contributed by atoms with van der Waals surface area (Å²) in [6, 6.07) is 6.17. The fourth-order valence-electron chi connectivity index (χ4n) is 3.37. The first-order chi connectivity index (χ1) is 9.94. The molecule has 3 heteroatoms. The number of carbonyl (C=O) groups excluding carboxylic acids is 2. The molecule has 0 spiro atoms. The van der Waals surface area contributed by atoms with Crippen LogP contribution in [0, 0.1) is 11.3 Å². The quantitative estimate of drug-likeness (QED) is 0.616. The Labute approximate surface area is 125 Å². The van der Waals surface area contributed by atoms with Gasteiger partial charge in [0.1, 0.15) is 17.5 Å². The lowest BCUT2D eigenvalue weighted by molar-refractivity contribution is -0.136. The van der Waals surface area contributed by atoms with Gasteiger partial charge in [0.2, 0.25) is 0 Å². The summed E-state index contributed by atoms with van der Waals surface area (Å²) in [5, 5.41) is 0. The van der Waals surface area contributed by atoms with E-state index >= 15 is 0 Å². The highest BCUT2D eigenvalue weighted by atomic mass is 16.2. The van der Waals surface area contributed by atoms with Crippen LogP contribution in [-0.2, 0) is 22.4 Å². The SMILES string of the molecule is CC1(C)CC(=O)C(C=Nc2ccc3c(c2)CCC3)C(=O)C1. The largest absolute Gasteiger partial charge is 0.298 e. The third kappa shape index (κ3) is 2.97. The van der Waals surface area contributed by atoms with Crippen molar-refractivity contribution < 1.29 is 9.59 Å². The highest BCUT2D eigenvalue weighted by Gasteiger charge is 2.38. The molecular formula is C18H21NO2. The van der Waals surface area contributed by atoms with Gasteiger partial charge in [-0.05, 0) is 47.9 Å². The Bertz CT molecular complexity index is 608. The molecule has 1 aromatic rings. The van der Waals surface area contributed by atoms with Crippen molar-refractivity contribution in [2.24, 2.45) is 16.3 Å². The molecule has 110 valence electrons. The number of hydrogen-bond acceptors (Lipinski definition) is 3. The highest BCUT2D eigenvalue weighted by molar-refractivity contribution is 6.16.